The summed E-state index contributed by atoms with van der Waals surface area (Å²) in [6.07, 6.45) is 0. The van der Waals surface area contributed by atoms with E-state index in [4.69, 9.17) is 11.6 Å². The molecule has 0 aliphatic carbocycles. The van der Waals surface area contributed by atoms with Gasteiger partial charge in [0.2, 0.25) is 0 Å². The molecule has 0 bridgehead atoms. The summed E-state index contributed by atoms with van der Waals surface area (Å²) in [5.41, 5.74) is 1.26. The molecule has 96 valence electrons. The molecule has 0 spiro atoms. The van der Waals surface area contributed by atoms with E-state index in [9.17, 15) is 0 Å². The van der Waals surface area contributed by atoms with E-state index >= 15 is 0 Å². The average molecular weight is 410 g/mol. The largest absolute Gasteiger partial charge is 0.305 e. The molecule has 0 aliphatic rings. The Morgan fingerprint density at radius 3 is 2.61 bits per heavy atom. The number of thiophene rings is 1. The molecule has 0 fully saturated rings. The van der Waals surface area contributed by atoms with E-state index in [1.807, 2.05) is 6.07 Å². The third kappa shape index (κ3) is 3.58. The Bertz CT molecular complexity index is 522. The minimum Gasteiger partial charge on any atom is -0.305 e. The first-order valence-electron chi connectivity index (χ1n) is 5.49. The normalized spacial score (nSPS) is 12.7. The van der Waals surface area contributed by atoms with Gasteiger partial charge in [0.15, 0.2) is 0 Å². The van der Waals surface area contributed by atoms with Crippen LogP contribution in [-0.4, -0.2) is 0 Å². The van der Waals surface area contributed by atoms with E-state index in [1.54, 1.807) is 11.3 Å². The van der Waals surface area contributed by atoms with Gasteiger partial charge in [-0.15, -0.1) is 11.3 Å². The predicted molar refractivity (Wildman–Crippen MR) is 86.4 cm³/mol. The van der Waals surface area contributed by atoms with Crippen molar-refractivity contribution in [3.05, 3.63) is 54.1 Å². The highest BCUT2D eigenvalue weighted by atomic mass is 79.9. The second-order valence-electron chi connectivity index (χ2n) is 3.96. The molecular weight excluding hydrogens is 397 g/mol. The predicted octanol–water partition coefficient (Wildman–Crippen LogP) is 5.78. The van der Waals surface area contributed by atoms with Crippen molar-refractivity contribution >= 4 is 54.8 Å². The lowest BCUT2D eigenvalue weighted by Crippen LogP contribution is -2.17. The second-order valence-corrected chi connectivity index (χ2v) is 7.41. The smallest absolute Gasteiger partial charge is 0.107 e. The molecular formula is C13H12Br2ClNS. The Morgan fingerprint density at radius 1 is 1.28 bits per heavy atom. The number of benzene rings is 1. The highest BCUT2D eigenvalue weighted by molar-refractivity contribution is 9.10. The fourth-order valence-corrected chi connectivity index (χ4v) is 4.04. The monoisotopic (exact) mass is 407 g/mol. The van der Waals surface area contributed by atoms with Crippen molar-refractivity contribution in [1.29, 1.82) is 0 Å². The van der Waals surface area contributed by atoms with Gasteiger partial charge in [-0.1, -0.05) is 45.7 Å². The van der Waals surface area contributed by atoms with E-state index in [0.717, 1.165) is 19.8 Å². The fraction of sp³-hybridized carbons (Fsp3) is 0.231. The first-order chi connectivity index (χ1) is 8.58. The summed E-state index contributed by atoms with van der Waals surface area (Å²) in [6, 6.07) is 10.6. The summed E-state index contributed by atoms with van der Waals surface area (Å²) in [4.78, 5) is 1.23. The lowest BCUT2D eigenvalue weighted by atomic mass is 10.1. The molecule has 5 heteroatoms. The van der Waals surface area contributed by atoms with Crippen LogP contribution in [-0.2, 0) is 6.54 Å². The van der Waals surface area contributed by atoms with Gasteiger partial charge < -0.3 is 5.32 Å². The van der Waals surface area contributed by atoms with Gasteiger partial charge in [-0.2, -0.15) is 0 Å². The highest BCUT2D eigenvalue weighted by Crippen LogP contribution is 2.32. The molecule has 1 aromatic heterocycles. The van der Waals surface area contributed by atoms with E-state index in [0.29, 0.717) is 6.04 Å². The van der Waals surface area contributed by atoms with Gasteiger partial charge >= 0.3 is 0 Å². The Kier molecular flexibility index (Phi) is 5.27. The topological polar surface area (TPSA) is 12.0 Å². The molecule has 2 aromatic rings. The Balaban J connectivity index is 2.00. The lowest BCUT2D eigenvalue weighted by molar-refractivity contribution is 0.577. The van der Waals surface area contributed by atoms with Crippen LogP contribution in [0.3, 0.4) is 0 Å². The number of hydrogen-bond acceptors (Lipinski definition) is 2. The third-order valence-electron chi connectivity index (χ3n) is 2.65. The van der Waals surface area contributed by atoms with Crippen molar-refractivity contribution in [2.24, 2.45) is 0 Å². The van der Waals surface area contributed by atoms with E-state index in [1.165, 1.54) is 10.4 Å². The molecule has 0 radical (unpaired) electrons. The Morgan fingerprint density at radius 2 is 2.00 bits per heavy atom. The molecule has 1 heterocycles. The molecule has 1 aromatic carbocycles. The molecule has 1 N–H and O–H groups in total. The number of halogens is 3. The van der Waals surface area contributed by atoms with Crippen LogP contribution in [0.2, 0.25) is 4.34 Å². The first kappa shape index (κ1) is 14.5. The van der Waals surface area contributed by atoms with Gasteiger partial charge in [-0.25, -0.2) is 0 Å². The molecule has 1 atom stereocenters. The molecule has 0 aliphatic heterocycles. The minimum atomic E-state index is 0.292. The van der Waals surface area contributed by atoms with Crippen LogP contribution in [0.25, 0.3) is 0 Å². The molecule has 0 saturated carbocycles. The zero-order chi connectivity index (χ0) is 13.1. The molecule has 1 unspecified atom stereocenters. The maximum Gasteiger partial charge on any atom is 0.107 e. The van der Waals surface area contributed by atoms with Gasteiger partial charge in [-0.05, 0) is 40.5 Å². The zero-order valence-corrected chi connectivity index (χ0v) is 14.5. The summed E-state index contributed by atoms with van der Waals surface area (Å²) in [6.45, 7) is 2.98. The van der Waals surface area contributed by atoms with Gasteiger partial charge in [0, 0.05) is 26.4 Å². The highest BCUT2D eigenvalue weighted by Gasteiger charge is 2.10. The van der Waals surface area contributed by atoms with E-state index in [-0.39, 0.29) is 0 Å². The van der Waals surface area contributed by atoms with Crippen LogP contribution in [0.5, 0.6) is 0 Å². The van der Waals surface area contributed by atoms with E-state index < -0.39 is 0 Å². The van der Waals surface area contributed by atoms with Crippen molar-refractivity contribution in [3.8, 4) is 0 Å². The molecule has 18 heavy (non-hydrogen) atoms. The summed E-state index contributed by atoms with van der Waals surface area (Å²) in [5.74, 6) is 0. The van der Waals surface area contributed by atoms with Crippen molar-refractivity contribution in [1.82, 2.24) is 5.32 Å². The quantitative estimate of drug-likeness (QED) is 0.675. The molecule has 0 amide bonds. The van der Waals surface area contributed by atoms with Crippen LogP contribution in [0.15, 0.2) is 39.3 Å². The number of rotatable bonds is 4. The summed E-state index contributed by atoms with van der Waals surface area (Å²) >= 11 is 14.6. The van der Waals surface area contributed by atoms with E-state index in [2.05, 4.69) is 68.4 Å². The SMILES string of the molecule is CC(NCc1cc(Br)c(Cl)s1)c1ccccc1Br. The number of hydrogen-bond donors (Lipinski definition) is 1. The van der Waals surface area contributed by atoms with Crippen LogP contribution < -0.4 is 5.32 Å². The lowest BCUT2D eigenvalue weighted by Gasteiger charge is -2.15. The zero-order valence-electron chi connectivity index (χ0n) is 9.71. The molecule has 1 nitrogen and oxygen atoms in total. The third-order valence-corrected chi connectivity index (χ3v) is 5.85. The van der Waals surface area contributed by atoms with Crippen LogP contribution in [0.1, 0.15) is 23.4 Å². The molecule has 2 rings (SSSR count). The maximum atomic E-state index is 6.02. The maximum absolute atomic E-state index is 6.02. The number of nitrogens with one attached hydrogen (secondary N) is 1. The van der Waals surface area contributed by atoms with Crippen molar-refractivity contribution in [3.63, 3.8) is 0 Å². The Labute approximate surface area is 133 Å². The molecule has 0 saturated heterocycles. The van der Waals surface area contributed by atoms with Crippen LogP contribution in [0, 0.1) is 0 Å². The average Bonchev–Trinajstić information content (AvgIpc) is 2.66. The van der Waals surface area contributed by atoms with Gasteiger partial charge in [0.05, 0.1) is 0 Å². The Hall–Kier alpha value is 0.130. The second kappa shape index (κ2) is 6.53. The standard InChI is InChI=1S/C13H12Br2ClNS/c1-8(10-4-2-3-5-11(10)14)17-7-9-6-12(15)13(16)18-9/h2-6,8,17H,7H2,1H3. The van der Waals surface area contributed by atoms with Gasteiger partial charge in [-0.3, -0.25) is 0 Å². The minimum absolute atomic E-state index is 0.292. The summed E-state index contributed by atoms with van der Waals surface area (Å²) in [7, 11) is 0. The van der Waals surface area contributed by atoms with Crippen molar-refractivity contribution < 1.29 is 0 Å². The fourth-order valence-electron chi connectivity index (χ4n) is 1.67. The first-order valence-corrected chi connectivity index (χ1v) is 8.27. The van der Waals surface area contributed by atoms with Crippen LogP contribution >= 0.6 is 54.8 Å². The van der Waals surface area contributed by atoms with Gasteiger partial charge in [0.25, 0.3) is 0 Å². The van der Waals surface area contributed by atoms with Crippen LogP contribution in [0.4, 0.5) is 0 Å². The summed E-state index contributed by atoms with van der Waals surface area (Å²) < 4.78 is 2.91. The summed E-state index contributed by atoms with van der Waals surface area (Å²) in [5, 5.41) is 3.50. The van der Waals surface area contributed by atoms with Crippen molar-refractivity contribution in [2.45, 2.75) is 19.5 Å². The van der Waals surface area contributed by atoms with Crippen molar-refractivity contribution in [2.75, 3.05) is 0 Å². The van der Waals surface area contributed by atoms with Gasteiger partial charge in [0.1, 0.15) is 4.34 Å².